The van der Waals surface area contributed by atoms with Crippen molar-refractivity contribution in [1.29, 1.82) is 0 Å². The quantitative estimate of drug-likeness (QED) is 0.487. The van der Waals surface area contributed by atoms with Gasteiger partial charge in [0.2, 0.25) is 22.1 Å². The van der Waals surface area contributed by atoms with Crippen molar-refractivity contribution in [2.75, 3.05) is 29.1 Å². The molecule has 164 valence electrons. The van der Waals surface area contributed by atoms with E-state index in [1.165, 1.54) is 48.8 Å². The molecule has 1 saturated heterocycles. The van der Waals surface area contributed by atoms with Gasteiger partial charge in [-0.1, -0.05) is 41.8 Å². The van der Waals surface area contributed by atoms with Crippen molar-refractivity contribution in [3.05, 3.63) is 40.7 Å². The number of hydrogen-bond donors (Lipinski definition) is 1. The minimum absolute atomic E-state index is 0.0974. The highest BCUT2D eigenvalue weighted by Crippen LogP contribution is 2.28. The maximum absolute atomic E-state index is 12.3. The normalized spacial score (nSPS) is 14.5. The summed E-state index contributed by atoms with van der Waals surface area (Å²) in [5, 5.41) is 13.3. The van der Waals surface area contributed by atoms with Crippen molar-refractivity contribution < 1.29 is 9.21 Å². The van der Waals surface area contributed by atoms with Crippen LogP contribution < -0.4 is 10.2 Å². The van der Waals surface area contributed by atoms with Crippen LogP contribution in [0.5, 0.6) is 0 Å². The maximum atomic E-state index is 12.3. The van der Waals surface area contributed by atoms with E-state index in [-0.39, 0.29) is 5.91 Å². The van der Waals surface area contributed by atoms with Crippen molar-refractivity contribution in [3.8, 4) is 11.5 Å². The Labute approximate surface area is 194 Å². The highest BCUT2D eigenvalue weighted by Gasteiger charge is 2.16. The topological polar surface area (TPSA) is 84.2 Å². The number of halogens is 1. The van der Waals surface area contributed by atoms with E-state index in [1.807, 2.05) is 31.2 Å². The summed E-state index contributed by atoms with van der Waals surface area (Å²) >= 11 is 8.97. The largest absolute Gasteiger partial charge is 0.441 e. The molecule has 0 saturated carbocycles. The first-order chi connectivity index (χ1) is 15.1. The fourth-order valence-electron chi connectivity index (χ4n) is 3.36. The first-order valence-electron chi connectivity index (χ1n) is 10.3. The van der Waals surface area contributed by atoms with Gasteiger partial charge in [0, 0.05) is 29.4 Å². The standard InChI is InChI=1S/C21H24ClN5O2S2/c1-14-17(23-19(29-14)15-7-6-8-16(22)11-15)12-30-13-18(28)24-20-25-26-21(31-20)27-9-4-2-3-5-10-27/h6-8,11H,2-5,9-10,12-13H2,1H3,(H,24,25,28). The lowest BCUT2D eigenvalue weighted by molar-refractivity contribution is -0.113. The van der Waals surface area contributed by atoms with Crippen LogP contribution in [-0.4, -0.2) is 39.9 Å². The Hall–Kier alpha value is -2.10. The van der Waals surface area contributed by atoms with Crippen LogP contribution in [-0.2, 0) is 10.5 Å². The van der Waals surface area contributed by atoms with Gasteiger partial charge in [0.15, 0.2) is 0 Å². The van der Waals surface area contributed by atoms with Gasteiger partial charge in [-0.3, -0.25) is 10.1 Å². The van der Waals surface area contributed by atoms with Crippen LogP contribution in [0.4, 0.5) is 10.3 Å². The summed E-state index contributed by atoms with van der Waals surface area (Å²) < 4.78 is 5.77. The molecule has 1 amide bonds. The van der Waals surface area contributed by atoms with Gasteiger partial charge < -0.3 is 9.32 Å². The molecule has 1 aromatic carbocycles. The number of nitrogens with one attached hydrogen (secondary N) is 1. The Morgan fingerprint density at radius 3 is 2.84 bits per heavy atom. The molecule has 0 aliphatic carbocycles. The zero-order valence-electron chi connectivity index (χ0n) is 17.3. The Balaban J connectivity index is 1.27. The highest BCUT2D eigenvalue weighted by atomic mass is 35.5. The van der Waals surface area contributed by atoms with Crippen LogP contribution in [0, 0.1) is 6.92 Å². The van der Waals surface area contributed by atoms with Gasteiger partial charge in [-0.2, -0.15) is 0 Å². The van der Waals surface area contributed by atoms with Crippen LogP contribution in [0.25, 0.3) is 11.5 Å². The number of nitrogens with zero attached hydrogens (tertiary/aromatic N) is 4. The smallest absolute Gasteiger partial charge is 0.236 e. The third-order valence-corrected chi connectivity index (χ3v) is 7.05. The van der Waals surface area contributed by atoms with Gasteiger partial charge in [-0.15, -0.1) is 22.0 Å². The second kappa shape index (κ2) is 10.5. The number of hydrogen-bond acceptors (Lipinski definition) is 8. The number of benzene rings is 1. The van der Waals surface area contributed by atoms with Crippen LogP contribution in [0.2, 0.25) is 5.02 Å². The average molecular weight is 478 g/mol. The molecular formula is C21H24ClN5O2S2. The third-order valence-electron chi connectivity index (χ3n) is 4.97. The first kappa shape index (κ1) is 22.1. The third kappa shape index (κ3) is 5.99. The second-order valence-electron chi connectivity index (χ2n) is 7.36. The molecule has 0 spiro atoms. The van der Waals surface area contributed by atoms with Gasteiger partial charge in [0.1, 0.15) is 5.76 Å². The van der Waals surface area contributed by atoms with E-state index in [2.05, 4.69) is 25.4 Å². The van der Waals surface area contributed by atoms with Crippen molar-refractivity contribution in [2.24, 2.45) is 0 Å². The van der Waals surface area contributed by atoms with E-state index in [0.717, 1.165) is 35.2 Å². The van der Waals surface area contributed by atoms with E-state index in [9.17, 15) is 4.79 Å². The maximum Gasteiger partial charge on any atom is 0.236 e. The number of rotatable bonds is 7. The summed E-state index contributed by atoms with van der Waals surface area (Å²) in [7, 11) is 0. The monoisotopic (exact) mass is 477 g/mol. The van der Waals surface area contributed by atoms with Crippen molar-refractivity contribution >= 4 is 50.9 Å². The van der Waals surface area contributed by atoms with E-state index < -0.39 is 0 Å². The molecule has 1 fully saturated rings. The summed E-state index contributed by atoms with van der Waals surface area (Å²) in [5.74, 6) is 2.07. The van der Waals surface area contributed by atoms with E-state index >= 15 is 0 Å². The predicted molar refractivity (Wildman–Crippen MR) is 127 cm³/mol. The molecular weight excluding hydrogens is 454 g/mol. The van der Waals surface area contributed by atoms with E-state index in [4.69, 9.17) is 16.0 Å². The Kier molecular flexibility index (Phi) is 7.47. The minimum atomic E-state index is -0.0974. The molecule has 4 rings (SSSR count). The first-order valence-corrected chi connectivity index (χ1v) is 12.6. The van der Waals surface area contributed by atoms with Gasteiger partial charge in [-0.25, -0.2) is 4.98 Å². The zero-order chi connectivity index (χ0) is 21.6. The molecule has 10 heteroatoms. The molecule has 3 aromatic rings. The Morgan fingerprint density at radius 1 is 1.26 bits per heavy atom. The number of anilines is 2. The number of thioether (sulfide) groups is 1. The second-order valence-corrected chi connectivity index (χ2v) is 9.74. The van der Waals surface area contributed by atoms with Crippen LogP contribution in [0.15, 0.2) is 28.7 Å². The lowest BCUT2D eigenvalue weighted by atomic mass is 10.2. The van der Waals surface area contributed by atoms with E-state index in [1.54, 1.807) is 0 Å². The molecule has 0 unspecified atom stereocenters. The number of oxazole rings is 1. The van der Waals surface area contributed by atoms with Crippen LogP contribution in [0.3, 0.4) is 0 Å². The fraction of sp³-hybridized carbons (Fsp3) is 0.429. The Morgan fingerprint density at radius 2 is 2.06 bits per heavy atom. The molecule has 0 bridgehead atoms. The Bertz CT molecular complexity index is 1030. The summed E-state index contributed by atoms with van der Waals surface area (Å²) in [6, 6.07) is 7.40. The summed E-state index contributed by atoms with van der Waals surface area (Å²) in [6.07, 6.45) is 4.89. The number of carbonyl (C=O) groups is 1. The predicted octanol–water partition coefficient (Wildman–Crippen LogP) is 5.41. The van der Waals surface area contributed by atoms with Crippen LogP contribution >= 0.6 is 34.7 Å². The molecule has 0 radical (unpaired) electrons. The highest BCUT2D eigenvalue weighted by molar-refractivity contribution is 7.99. The lowest BCUT2D eigenvalue weighted by Gasteiger charge is -2.17. The summed E-state index contributed by atoms with van der Waals surface area (Å²) in [6.45, 7) is 3.89. The van der Waals surface area contributed by atoms with E-state index in [0.29, 0.717) is 27.6 Å². The lowest BCUT2D eigenvalue weighted by Crippen LogP contribution is -2.23. The molecule has 3 heterocycles. The minimum Gasteiger partial charge on any atom is -0.441 e. The molecule has 1 N–H and O–H groups in total. The molecule has 2 aromatic heterocycles. The van der Waals surface area contributed by atoms with Gasteiger partial charge in [-0.05, 0) is 38.0 Å². The number of amides is 1. The van der Waals surface area contributed by atoms with Crippen molar-refractivity contribution in [2.45, 2.75) is 38.4 Å². The van der Waals surface area contributed by atoms with Crippen molar-refractivity contribution in [3.63, 3.8) is 0 Å². The fourth-order valence-corrected chi connectivity index (χ4v) is 5.18. The molecule has 7 nitrogen and oxygen atoms in total. The SMILES string of the molecule is Cc1oc(-c2cccc(Cl)c2)nc1CSCC(=O)Nc1nnc(N2CCCCCC2)s1. The molecule has 0 atom stereocenters. The van der Waals surface area contributed by atoms with Gasteiger partial charge in [0.25, 0.3) is 0 Å². The molecule has 1 aliphatic heterocycles. The summed E-state index contributed by atoms with van der Waals surface area (Å²) in [4.78, 5) is 19.2. The molecule has 1 aliphatic rings. The van der Waals surface area contributed by atoms with Crippen LogP contribution in [0.1, 0.15) is 37.1 Å². The van der Waals surface area contributed by atoms with Gasteiger partial charge >= 0.3 is 0 Å². The summed E-state index contributed by atoms with van der Waals surface area (Å²) in [5.41, 5.74) is 1.66. The zero-order valence-corrected chi connectivity index (χ0v) is 19.7. The number of aromatic nitrogens is 3. The van der Waals surface area contributed by atoms with Crippen molar-refractivity contribution in [1.82, 2.24) is 15.2 Å². The number of aryl methyl sites for hydroxylation is 1. The molecule has 31 heavy (non-hydrogen) atoms. The van der Waals surface area contributed by atoms with Gasteiger partial charge in [0.05, 0.1) is 11.4 Å². The average Bonchev–Trinajstić information content (AvgIpc) is 3.25. The number of carbonyl (C=O) groups excluding carboxylic acids is 1.